The number of alkyl halides is 3. The van der Waals surface area contributed by atoms with Crippen LogP contribution in [0.15, 0.2) is 18.2 Å². The molecule has 1 aliphatic rings. The first-order valence-corrected chi connectivity index (χ1v) is 7.95. The van der Waals surface area contributed by atoms with E-state index in [1.165, 1.54) is 6.07 Å². The van der Waals surface area contributed by atoms with Crippen LogP contribution in [0.3, 0.4) is 0 Å². The summed E-state index contributed by atoms with van der Waals surface area (Å²) in [6.45, 7) is 2.95. The molecule has 0 radical (unpaired) electrons. The zero-order valence-corrected chi connectivity index (χ0v) is 13.5. The van der Waals surface area contributed by atoms with Crippen LogP contribution in [0, 0.1) is 11.3 Å². The molecule has 1 saturated carbocycles. The van der Waals surface area contributed by atoms with Crippen LogP contribution in [0.4, 0.5) is 18.9 Å². The van der Waals surface area contributed by atoms with Gasteiger partial charge in [0.25, 0.3) is 0 Å². The van der Waals surface area contributed by atoms with E-state index in [1.54, 1.807) is 0 Å². The first-order valence-electron chi connectivity index (χ1n) is 7.95. The highest BCUT2D eigenvalue weighted by atomic mass is 19.4. The van der Waals surface area contributed by atoms with Crippen LogP contribution in [0.5, 0.6) is 0 Å². The monoisotopic (exact) mass is 325 g/mol. The predicted molar refractivity (Wildman–Crippen MR) is 84.1 cm³/mol. The van der Waals surface area contributed by atoms with Gasteiger partial charge in [0.05, 0.1) is 16.8 Å². The van der Waals surface area contributed by atoms with Gasteiger partial charge >= 0.3 is 6.18 Å². The SMILES string of the molecule is CCN(C)[C@@H]1CCCC[C@H]1Nc1cc(C(F)(F)F)ccc1C#N. The Morgan fingerprint density at radius 3 is 2.61 bits per heavy atom. The zero-order valence-electron chi connectivity index (χ0n) is 13.5. The van der Waals surface area contributed by atoms with Crippen molar-refractivity contribution in [3.63, 3.8) is 0 Å². The molecule has 23 heavy (non-hydrogen) atoms. The summed E-state index contributed by atoms with van der Waals surface area (Å²) in [5, 5.41) is 12.4. The molecule has 1 aliphatic carbocycles. The van der Waals surface area contributed by atoms with Gasteiger partial charge in [0.1, 0.15) is 6.07 Å². The molecule has 1 aromatic rings. The first-order chi connectivity index (χ1) is 10.9. The zero-order chi connectivity index (χ0) is 17.0. The van der Waals surface area contributed by atoms with Gasteiger partial charge in [0.2, 0.25) is 0 Å². The van der Waals surface area contributed by atoms with Gasteiger partial charge in [0.15, 0.2) is 0 Å². The molecule has 2 rings (SSSR count). The molecule has 0 amide bonds. The molecule has 1 aromatic carbocycles. The summed E-state index contributed by atoms with van der Waals surface area (Å²) >= 11 is 0. The largest absolute Gasteiger partial charge is 0.416 e. The van der Waals surface area contributed by atoms with Gasteiger partial charge in [-0.15, -0.1) is 0 Å². The maximum Gasteiger partial charge on any atom is 0.416 e. The number of benzene rings is 1. The molecule has 0 unspecified atom stereocenters. The number of halogens is 3. The van der Waals surface area contributed by atoms with Crippen molar-refractivity contribution in [3.05, 3.63) is 29.3 Å². The molecule has 126 valence electrons. The lowest BCUT2D eigenvalue weighted by Gasteiger charge is -2.38. The van der Waals surface area contributed by atoms with Gasteiger partial charge < -0.3 is 10.2 Å². The van der Waals surface area contributed by atoms with Gasteiger partial charge in [-0.1, -0.05) is 19.8 Å². The second-order valence-corrected chi connectivity index (χ2v) is 6.05. The second-order valence-electron chi connectivity index (χ2n) is 6.05. The van der Waals surface area contributed by atoms with E-state index in [-0.39, 0.29) is 23.3 Å². The smallest absolute Gasteiger partial charge is 0.380 e. The lowest BCUT2D eigenvalue weighted by atomic mass is 9.89. The van der Waals surface area contributed by atoms with Gasteiger partial charge in [0, 0.05) is 12.1 Å². The second kappa shape index (κ2) is 7.22. The summed E-state index contributed by atoms with van der Waals surface area (Å²) in [5.74, 6) is 0. The van der Waals surface area contributed by atoms with E-state index >= 15 is 0 Å². The maximum absolute atomic E-state index is 12.9. The van der Waals surface area contributed by atoms with Crippen molar-refractivity contribution in [2.75, 3.05) is 18.9 Å². The van der Waals surface area contributed by atoms with Gasteiger partial charge in [-0.25, -0.2) is 0 Å². The lowest BCUT2D eigenvalue weighted by molar-refractivity contribution is -0.137. The number of likely N-dealkylation sites (N-methyl/N-ethyl adjacent to an activating group) is 1. The Kier molecular flexibility index (Phi) is 5.53. The Hall–Kier alpha value is -1.74. The average molecular weight is 325 g/mol. The Morgan fingerprint density at radius 2 is 2.00 bits per heavy atom. The van der Waals surface area contributed by atoms with Crippen LogP contribution in [-0.4, -0.2) is 30.6 Å². The summed E-state index contributed by atoms with van der Waals surface area (Å²) in [5.41, 5.74) is -0.194. The summed E-state index contributed by atoms with van der Waals surface area (Å²) in [4.78, 5) is 2.22. The Bertz CT molecular complexity index is 577. The van der Waals surface area contributed by atoms with E-state index in [9.17, 15) is 18.4 Å². The number of anilines is 1. The van der Waals surface area contributed by atoms with E-state index < -0.39 is 11.7 Å². The van der Waals surface area contributed by atoms with Crippen molar-refractivity contribution in [1.29, 1.82) is 5.26 Å². The summed E-state index contributed by atoms with van der Waals surface area (Å²) < 4.78 is 38.8. The van der Waals surface area contributed by atoms with Crippen LogP contribution >= 0.6 is 0 Å². The van der Waals surface area contributed by atoms with Gasteiger partial charge in [-0.2, -0.15) is 18.4 Å². The van der Waals surface area contributed by atoms with Crippen molar-refractivity contribution in [2.45, 2.75) is 50.9 Å². The fraction of sp³-hybridized carbons (Fsp3) is 0.588. The van der Waals surface area contributed by atoms with Gasteiger partial charge in [-0.3, -0.25) is 0 Å². The molecule has 0 spiro atoms. The molecule has 1 N–H and O–H groups in total. The molecule has 0 saturated heterocycles. The highest BCUT2D eigenvalue weighted by Gasteiger charge is 2.32. The molecule has 2 atom stereocenters. The Labute approximate surface area is 135 Å². The summed E-state index contributed by atoms with van der Waals surface area (Å²) in [6, 6.07) is 5.56. The fourth-order valence-electron chi connectivity index (χ4n) is 3.18. The van der Waals surface area contributed by atoms with Crippen LogP contribution < -0.4 is 5.32 Å². The summed E-state index contributed by atoms with van der Waals surface area (Å²) in [6.07, 6.45) is -0.316. The number of nitrogens with one attached hydrogen (secondary N) is 1. The molecule has 3 nitrogen and oxygen atoms in total. The standard InChI is InChI=1S/C17H22F3N3/c1-3-23(2)16-7-5-4-6-14(16)22-15-10-13(17(18,19)20)9-8-12(15)11-21/h8-10,14,16,22H,3-7H2,1-2H3/t14-,16-/m1/s1. The number of hydrogen-bond donors (Lipinski definition) is 1. The third-order valence-electron chi connectivity index (χ3n) is 4.60. The van der Waals surface area contributed by atoms with Crippen molar-refractivity contribution in [1.82, 2.24) is 4.90 Å². The minimum atomic E-state index is -4.41. The molecular weight excluding hydrogens is 303 g/mol. The number of hydrogen-bond acceptors (Lipinski definition) is 3. The minimum absolute atomic E-state index is 0.0595. The van der Waals surface area contributed by atoms with Crippen molar-refractivity contribution in [3.8, 4) is 6.07 Å². The minimum Gasteiger partial charge on any atom is -0.380 e. The van der Waals surface area contributed by atoms with Crippen LogP contribution in [-0.2, 0) is 6.18 Å². The van der Waals surface area contributed by atoms with Gasteiger partial charge in [-0.05, 0) is 44.6 Å². The fourth-order valence-corrected chi connectivity index (χ4v) is 3.18. The van der Waals surface area contributed by atoms with Crippen molar-refractivity contribution in [2.24, 2.45) is 0 Å². The van der Waals surface area contributed by atoms with E-state index in [0.717, 1.165) is 44.4 Å². The highest BCUT2D eigenvalue weighted by Crippen LogP contribution is 2.33. The van der Waals surface area contributed by atoms with Crippen LogP contribution in [0.1, 0.15) is 43.7 Å². The molecule has 0 aromatic heterocycles. The molecular formula is C17H22F3N3. The first kappa shape index (κ1) is 17.6. The Morgan fingerprint density at radius 1 is 1.30 bits per heavy atom. The molecule has 6 heteroatoms. The van der Waals surface area contributed by atoms with E-state index in [4.69, 9.17) is 0 Å². The predicted octanol–water partition coefficient (Wildman–Crippen LogP) is 4.25. The van der Waals surface area contributed by atoms with E-state index in [2.05, 4.69) is 17.1 Å². The quantitative estimate of drug-likeness (QED) is 0.899. The molecule has 0 bridgehead atoms. The summed E-state index contributed by atoms with van der Waals surface area (Å²) in [7, 11) is 2.03. The maximum atomic E-state index is 12.9. The van der Waals surface area contributed by atoms with E-state index in [1.807, 2.05) is 13.1 Å². The van der Waals surface area contributed by atoms with Crippen molar-refractivity contribution >= 4 is 5.69 Å². The van der Waals surface area contributed by atoms with Crippen LogP contribution in [0.2, 0.25) is 0 Å². The third-order valence-corrected chi connectivity index (χ3v) is 4.60. The number of nitrogens with zero attached hydrogens (tertiary/aromatic N) is 2. The highest BCUT2D eigenvalue weighted by molar-refractivity contribution is 5.60. The molecule has 0 aliphatic heterocycles. The lowest BCUT2D eigenvalue weighted by Crippen LogP contribution is -2.47. The number of rotatable bonds is 4. The topological polar surface area (TPSA) is 39.1 Å². The third kappa shape index (κ3) is 4.17. The normalized spacial score (nSPS) is 22.0. The number of nitriles is 1. The molecule has 1 fully saturated rings. The van der Waals surface area contributed by atoms with E-state index in [0.29, 0.717) is 0 Å². The van der Waals surface area contributed by atoms with Crippen LogP contribution in [0.25, 0.3) is 0 Å². The van der Waals surface area contributed by atoms with Crippen molar-refractivity contribution < 1.29 is 13.2 Å². The molecule has 0 heterocycles. The average Bonchev–Trinajstić information content (AvgIpc) is 2.53. The Balaban J connectivity index is 2.28.